The first-order valence-corrected chi connectivity index (χ1v) is 6.45. The zero-order valence-electron chi connectivity index (χ0n) is 10.5. The first-order chi connectivity index (χ1) is 9.47. The van der Waals surface area contributed by atoms with Gasteiger partial charge in [-0.1, -0.05) is 21.1 Å². The molecule has 0 bridgehead atoms. The van der Waals surface area contributed by atoms with Gasteiger partial charge in [0.25, 0.3) is 0 Å². The predicted octanol–water partition coefficient (Wildman–Crippen LogP) is 1.69. The van der Waals surface area contributed by atoms with E-state index < -0.39 is 5.97 Å². The first-order valence-electron chi connectivity index (χ1n) is 5.66. The number of aromatic nitrogens is 3. The molecule has 0 saturated carbocycles. The lowest BCUT2D eigenvalue weighted by molar-refractivity contribution is -0.117. The number of amides is 1. The minimum Gasteiger partial charge on any atom is -0.476 e. The van der Waals surface area contributed by atoms with Crippen molar-refractivity contribution in [2.75, 3.05) is 5.32 Å². The number of nitrogens with one attached hydrogen (secondary N) is 1. The van der Waals surface area contributed by atoms with Crippen LogP contribution in [-0.4, -0.2) is 32.0 Å². The second-order valence-corrected chi connectivity index (χ2v) is 4.96. The van der Waals surface area contributed by atoms with E-state index in [0.29, 0.717) is 11.4 Å². The van der Waals surface area contributed by atoms with Crippen LogP contribution in [0, 0.1) is 6.92 Å². The van der Waals surface area contributed by atoms with Crippen LogP contribution < -0.4 is 5.32 Å². The SMILES string of the molecule is Cc1c(C(=O)O)nnn1CC(=O)Nc1ccc(Br)cc1. The third-order valence-corrected chi connectivity index (χ3v) is 3.14. The summed E-state index contributed by atoms with van der Waals surface area (Å²) in [5.74, 6) is -1.47. The van der Waals surface area contributed by atoms with E-state index in [1.54, 1.807) is 31.2 Å². The maximum atomic E-state index is 11.8. The fraction of sp³-hybridized carbons (Fsp3) is 0.167. The molecule has 0 spiro atoms. The Balaban J connectivity index is 2.05. The van der Waals surface area contributed by atoms with Gasteiger partial charge in [-0.25, -0.2) is 9.48 Å². The normalized spacial score (nSPS) is 10.3. The molecule has 1 heterocycles. The Morgan fingerprint density at radius 2 is 2.00 bits per heavy atom. The molecule has 104 valence electrons. The highest BCUT2D eigenvalue weighted by atomic mass is 79.9. The van der Waals surface area contributed by atoms with Crippen molar-refractivity contribution >= 4 is 33.5 Å². The highest BCUT2D eigenvalue weighted by molar-refractivity contribution is 9.10. The molecule has 1 amide bonds. The number of carboxylic acids is 1. The highest BCUT2D eigenvalue weighted by Gasteiger charge is 2.16. The number of halogens is 1. The molecule has 0 aliphatic heterocycles. The molecular weight excluding hydrogens is 328 g/mol. The van der Waals surface area contributed by atoms with E-state index in [4.69, 9.17) is 5.11 Å². The molecule has 0 unspecified atom stereocenters. The summed E-state index contributed by atoms with van der Waals surface area (Å²) in [4.78, 5) is 22.7. The quantitative estimate of drug-likeness (QED) is 0.883. The topological polar surface area (TPSA) is 97.1 Å². The Morgan fingerprint density at radius 1 is 1.35 bits per heavy atom. The Bertz CT molecular complexity index is 651. The highest BCUT2D eigenvalue weighted by Crippen LogP contribution is 2.14. The average Bonchev–Trinajstić information content (AvgIpc) is 2.74. The molecular formula is C12H11BrN4O3. The fourth-order valence-corrected chi connectivity index (χ4v) is 1.84. The van der Waals surface area contributed by atoms with Gasteiger partial charge in [-0.3, -0.25) is 4.79 Å². The summed E-state index contributed by atoms with van der Waals surface area (Å²) in [7, 11) is 0. The largest absolute Gasteiger partial charge is 0.476 e. The van der Waals surface area contributed by atoms with E-state index in [9.17, 15) is 9.59 Å². The van der Waals surface area contributed by atoms with Gasteiger partial charge < -0.3 is 10.4 Å². The molecule has 0 saturated heterocycles. The number of carbonyl (C=O) groups excluding carboxylic acids is 1. The standard InChI is InChI=1S/C12H11BrN4O3/c1-7-11(12(19)20)15-16-17(7)6-10(18)14-9-4-2-8(13)3-5-9/h2-5H,6H2,1H3,(H,14,18)(H,19,20). The molecule has 1 aromatic carbocycles. The van der Waals surface area contributed by atoms with E-state index >= 15 is 0 Å². The predicted molar refractivity (Wildman–Crippen MR) is 74.5 cm³/mol. The van der Waals surface area contributed by atoms with Crippen LogP contribution in [0.1, 0.15) is 16.2 Å². The van der Waals surface area contributed by atoms with Gasteiger partial charge in [-0.15, -0.1) is 5.10 Å². The molecule has 8 heteroatoms. The number of benzene rings is 1. The van der Waals surface area contributed by atoms with Gasteiger partial charge in [-0.2, -0.15) is 0 Å². The van der Waals surface area contributed by atoms with Gasteiger partial charge in [0.05, 0.1) is 5.69 Å². The van der Waals surface area contributed by atoms with Gasteiger partial charge in [0.15, 0.2) is 5.69 Å². The number of carbonyl (C=O) groups is 2. The molecule has 2 N–H and O–H groups in total. The van der Waals surface area contributed by atoms with Crippen molar-refractivity contribution in [1.29, 1.82) is 0 Å². The number of hydrogen-bond donors (Lipinski definition) is 2. The molecule has 2 rings (SSSR count). The van der Waals surface area contributed by atoms with Crippen LogP contribution in [0.4, 0.5) is 5.69 Å². The molecule has 0 atom stereocenters. The van der Waals surface area contributed by atoms with E-state index in [0.717, 1.165) is 4.47 Å². The number of aromatic carboxylic acids is 1. The van der Waals surface area contributed by atoms with Crippen molar-refractivity contribution in [3.8, 4) is 0 Å². The number of nitrogens with zero attached hydrogens (tertiary/aromatic N) is 3. The van der Waals surface area contributed by atoms with Crippen molar-refractivity contribution in [2.24, 2.45) is 0 Å². The van der Waals surface area contributed by atoms with Crippen LogP contribution >= 0.6 is 15.9 Å². The van der Waals surface area contributed by atoms with E-state index in [2.05, 4.69) is 31.6 Å². The van der Waals surface area contributed by atoms with Gasteiger partial charge >= 0.3 is 5.97 Å². The summed E-state index contributed by atoms with van der Waals surface area (Å²) in [5.41, 5.74) is 0.833. The molecule has 0 radical (unpaired) electrons. The summed E-state index contributed by atoms with van der Waals surface area (Å²) in [5, 5.41) is 18.7. The Morgan fingerprint density at radius 3 is 2.55 bits per heavy atom. The lowest BCUT2D eigenvalue weighted by Gasteiger charge is -2.06. The number of carboxylic acid groups (broad SMARTS) is 1. The van der Waals surface area contributed by atoms with Crippen LogP contribution in [0.2, 0.25) is 0 Å². The summed E-state index contributed by atoms with van der Waals surface area (Å²) in [6.45, 7) is 1.46. The van der Waals surface area contributed by atoms with Crippen LogP contribution in [0.15, 0.2) is 28.7 Å². The Labute approximate surface area is 122 Å². The van der Waals surface area contributed by atoms with Crippen molar-refractivity contribution in [2.45, 2.75) is 13.5 Å². The van der Waals surface area contributed by atoms with Gasteiger partial charge in [0, 0.05) is 10.2 Å². The van der Waals surface area contributed by atoms with Gasteiger partial charge in [-0.05, 0) is 31.2 Å². The number of hydrogen-bond acceptors (Lipinski definition) is 4. The molecule has 0 aliphatic carbocycles. The van der Waals surface area contributed by atoms with Crippen LogP contribution in [0.3, 0.4) is 0 Å². The Hall–Kier alpha value is -2.22. The van der Waals surface area contributed by atoms with Crippen molar-refractivity contribution in [1.82, 2.24) is 15.0 Å². The molecule has 0 aliphatic rings. The van der Waals surface area contributed by atoms with E-state index in [-0.39, 0.29) is 18.1 Å². The smallest absolute Gasteiger partial charge is 0.358 e. The third-order valence-electron chi connectivity index (χ3n) is 2.61. The maximum Gasteiger partial charge on any atom is 0.358 e. The van der Waals surface area contributed by atoms with Gasteiger partial charge in [0.1, 0.15) is 6.54 Å². The van der Waals surface area contributed by atoms with Crippen molar-refractivity contribution < 1.29 is 14.7 Å². The lowest BCUT2D eigenvalue weighted by Crippen LogP contribution is -2.20. The minimum atomic E-state index is -1.16. The minimum absolute atomic E-state index is 0.0951. The molecule has 20 heavy (non-hydrogen) atoms. The van der Waals surface area contributed by atoms with Crippen LogP contribution in [0.25, 0.3) is 0 Å². The average molecular weight is 339 g/mol. The monoisotopic (exact) mass is 338 g/mol. The maximum absolute atomic E-state index is 11.8. The van der Waals surface area contributed by atoms with Gasteiger partial charge in [0.2, 0.25) is 5.91 Å². The van der Waals surface area contributed by atoms with Crippen molar-refractivity contribution in [3.05, 3.63) is 40.1 Å². The third kappa shape index (κ3) is 3.21. The second kappa shape index (κ2) is 5.83. The summed E-state index contributed by atoms with van der Waals surface area (Å²) >= 11 is 3.30. The molecule has 7 nitrogen and oxygen atoms in total. The molecule has 0 fully saturated rings. The lowest BCUT2D eigenvalue weighted by atomic mass is 10.3. The Kier molecular flexibility index (Phi) is 4.14. The first kappa shape index (κ1) is 14.2. The second-order valence-electron chi connectivity index (χ2n) is 4.04. The van der Waals surface area contributed by atoms with E-state index in [1.807, 2.05) is 0 Å². The summed E-state index contributed by atoms with van der Waals surface area (Å²) < 4.78 is 2.16. The zero-order chi connectivity index (χ0) is 14.7. The molecule has 2 aromatic rings. The van der Waals surface area contributed by atoms with E-state index in [1.165, 1.54) is 4.68 Å². The fourth-order valence-electron chi connectivity index (χ4n) is 1.58. The van der Waals surface area contributed by atoms with Crippen LogP contribution in [0.5, 0.6) is 0 Å². The molecule has 1 aromatic heterocycles. The summed E-state index contributed by atoms with van der Waals surface area (Å²) in [6, 6.07) is 7.11. The summed E-state index contributed by atoms with van der Waals surface area (Å²) in [6.07, 6.45) is 0. The zero-order valence-corrected chi connectivity index (χ0v) is 12.1. The number of anilines is 1. The van der Waals surface area contributed by atoms with Crippen molar-refractivity contribution in [3.63, 3.8) is 0 Å². The van der Waals surface area contributed by atoms with Crippen LogP contribution in [-0.2, 0) is 11.3 Å². The number of rotatable bonds is 4.